The Bertz CT molecular complexity index is 314. The average molecular weight is 208 g/mol. The van der Waals surface area contributed by atoms with Crippen molar-refractivity contribution in [3.63, 3.8) is 0 Å². The lowest BCUT2D eigenvalue weighted by molar-refractivity contribution is -0.139. The van der Waals surface area contributed by atoms with Gasteiger partial charge in [0, 0.05) is 0 Å². The molecule has 0 aromatic carbocycles. The number of hydrogen-bond acceptors (Lipinski definition) is 1. The van der Waals surface area contributed by atoms with Gasteiger partial charge in [-0.3, -0.25) is 4.79 Å². The fraction of sp³-hybridized carbons (Fsp3) is 0.615. The Morgan fingerprint density at radius 3 is 2.80 bits per heavy atom. The van der Waals surface area contributed by atoms with Crippen LogP contribution < -0.4 is 0 Å². The van der Waals surface area contributed by atoms with Crippen LogP contribution in [-0.4, -0.2) is 11.1 Å². The summed E-state index contributed by atoms with van der Waals surface area (Å²) in [6.07, 6.45) is 4.32. The van der Waals surface area contributed by atoms with E-state index in [1.807, 2.05) is 20.8 Å². The predicted octanol–water partition coefficient (Wildman–Crippen LogP) is 3.40. The Morgan fingerprint density at radius 1 is 1.73 bits per heavy atom. The molecule has 0 aromatic rings. The molecule has 1 rings (SSSR count). The normalized spacial score (nSPS) is 30.9. The van der Waals surface area contributed by atoms with Gasteiger partial charge < -0.3 is 5.11 Å². The van der Waals surface area contributed by atoms with Gasteiger partial charge in [-0.2, -0.15) is 0 Å². The molecule has 0 radical (unpaired) electrons. The minimum atomic E-state index is -0.715. The van der Waals surface area contributed by atoms with Gasteiger partial charge in [0.15, 0.2) is 0 Å². The van der Waals surface area contributed by atoms with Gasteiger partial charge in [0.1, 0.15) is 0 Å². The maximum absolute atomic E-state index is 10.8. The minimum Gasteiger partial charge on any atom is -0.481 e. The van der Waals surface area contributed by atoms with E-state index >= 15 is 0 Å². The molecule has 84 valence electrons. The Hall–Kier alpha value is -1.05. The highest BCUT2D eigenvalue weighted by molar-refractivity contribution is 5.68. The Balaban J connectivity index is 2.87. The van der Waals surface area contributed by atoms with Gasteiger partial charge in [0.05, 0.1) is 6.42 Å². The summed E-state index contributed by atoms with van der Waals surface area (Å²) in [7, 11) is 0. The van der Waals surface area contributed by atoms with E-state index in [2.05, 4.69) is 12.7 Å². The first-order valence-corrected chi connectivity index (χ1v) is 5.39. The number of carboxylic acids is 1. The van der Waals surface area contributed by atoms with Crippen molar-refractivity contribution < 1.29 is 9.90 Å². The van der Waals surface area contributed by atoms with Crippen LogP contribution in [0.2, 0.25) is 0 Å². The van der Waals surface area contributed by atoms with Crippen LogP contribution in [0.25, 0.3) is 0 Å². The molecule has 0 saturated heterocycles. The standard InChI is InChI=1S/C13H20O2/c1-9(2)11-6-5-10(3)13(4,7-11)8-12(14)15/h5,11H,1,6-8H2,2-4H3,(H,14,15)/t11-,13+/m1/s1. The Morgan fingerprint density at radius 2 is 2.33 bits per heavy atom. The van der Waals surface area contributed by atoms with Crippen LogP contribution in [0, 0.1) is 11.3 Å². The first-order chi connectivity index (χ1) is 6.85. The highest BCUT2D eigenvalue weighted by atomic mass is 16.4. The maximum atomic E-state index is 10.8. The SMILES string of the molecule is C=C(C)[C@@H]1CC=C(C)[C@](C)(CC(=O)O)C1. The van der Waals surface area contributed by atoms with Gasteiger partial charge in [-0.15, -0.1) is 0 Å². The summed E-state index contributed by atoms with van der Waals surface area (Å²) >= 11 is 0. The van der Waals surface area contributed by atoms with Gasteiger partial charge >= 0.3 is 5.97 Å². The minimum absolute atomic E-state index is 0.187. The molecule has 0 saturated carbocycles. The molecule has 0 spiro atoms. The van der Waals surface area contributed by atoms with Gasteiger partial charge in [-0.25, -0.2) is 0 Å². The summed E-state index contributed by atoms with van der Waals surface area (Å²) in [4.78, 5) is 10.8. The molecule has 0 aromatic heterocycles. The summed E-state index contributed by atoms with van der Waals surface area (Å²) < 4.78 is 0. The van der Waals surface area contributed by atoms with Gasteiger partial charge in [-0.05, 0) is 38.0 Å². The van der Waals surface area contributed by atoms with Crippen LogP contribution in [0.3, 0.4) is 0 Å². The molecule has 0 amide bonds. The molecule has 0 unspecified atom stereocenters. The highest BCUT2D eigenvalue weighted by Crippen LogP contribution is 2.44. The van der Waals surface area contributed by atoms with Crippen molar-refractivity contribution in [3.05, 3.63) is 23.8 Å². The number of carboxylic acid groups (broad SMARTS) is 1. The topological polar surface area (TPSA) is 37.3 Å². The van der Waals surface area contributed by atoms with Crippen LogP contribution in [0.4, 0.5) is 0 Å². The molecule has 1 aliphatic rings. The van der Waals surface area contributed by atoms with Crippen molar-refractivity contribution in [2.45, 2.75) is 40.0 Å². The molecule has 15 heavy (non-hydrogen) atoms. The maximum Gasteiger partial charge on any atom is 0.304 e. The van der Waals surface area contributed by atoms with E-state index in [9.17, 15) is 4.79 Å². The lowest BCUT2D eigenvalue weighted by atomic mass is 9.67. The predicted molar refractivity (Wildman–Crippen MR) is 61.7 cm³/mol. The largest absolute Gasteiger partial charge is 0.481 e. The summed E-state index contributed by atoms with van der Waals surface area (Å²) in [6.45, 7) is 10.1. The van der Waals surface area contributed by atoms with Gasteiger partial charge in [0.2, 0.25) is 0 Å². The Kier molecular flexibility index (Phi) is 3.38. The molecule has 0 fully saturated rings. The van der Waals surface area contributed by atoms with Crippen LogP contribution >= 0.6 is 0 Å². The number of carbonyl (C=O) groups is 1. The third kappa shape index (κ3) is 2.71. The van der Waals surface area contributed by atoms with E-state index in [0.29, 0.717) is 5.92 Å². The molecular formula is C13H20O2. The van der Waals surface area contributed by atoms with E-state index in [4.69, 9.17) is 5.11 Å². The smallest absolute Gasteiger partial charge is 0.304 e. The molecule has 0 bridgehead atoms. The third-order valence-electron chi connectivity index (χ3n) is 3.60. The second-order valence-corrected chi connectivity index (χ2v) is 5.00. The quantitative estimate of drug-likeness (QED) is 0.722. The van der Waals surface area contributed by atoms with Crippen molar-refractivity contribution in [3.8, 4) is 0 Å². The third-order valence-corrected chi connectivity index (χ3v) is 3.60. The summed E-state index contributed by atoms with van der Waals surface area (Å²) in [6, 6.07) is 0. The summed E-state index contributed by atoms with van der Waals surface area (Å²) in [5.74, 6) is -0.273. The zero-order valence-electron chi connectivity index (χ0n) is 9.84. The molecule has 0 aliphatic heterocycles. The van der Waals surface area contributed by atoms with Crippen LogP contribution in [0.15, 0.2) is 23.8 Å². The van der Waals surface area contributed by atoms with Gasteiger partial charge in [-0.1, -0.05) is 30.7 Å². The lowest BCUT2D eigenvalue weighted by Gasteiger charge is -2.37. The van der Waals surface area contributed by atoms with E-state index in [1.54, 1.807) is 0 Å². The van der Waals surface area contributed by atoms with E-state index < -0.39 is 5.97 Å². The monoisotopic (exact) mass is 208 g/mol. The van der Waals surface area contributed by atoms with Gasteiger partial charge in [0.25, 0.3) is 0 Å². The summed E-state index contributed by atoms with van der Waals surface area (Å²) in [5.41, 5.74) is 2.19. The zero-order valence-corrected chi connectivity index (χ0v) is 9.84. The average Bonchev–Trinajstić information content (AvgIpc) is 2.08. The Labute approximate surface area is 91.7 Å². The lowest BCUT2D eigenvalue weighted by Crippen LogP contribution is -2.28. The van der Waals surface area contributed by atoms with Crippen molar-refractivity contribution in [2.24, 2.45) is 11.3 Å². The van der Waals surface area contributed by atoms with Crippen LogP contribution in [0.5, 0.6) is 0 Å². The van der Waals surface area contributed by atoms with E-state index in [0.717, 1.165) is 18.4 Å². The van der Waals surface area contributed by atoms with Crippen LogP contribution in [0.1, 0.15) is 40.0 Å². The fourth-order valence-electron chi connectivity index (χ4n) is 2.27. The molecule has 2 nitrogen and oxygen atoms in total. The van der Waals surface area contributed by atoms with Crippen molar-refractivity contribution >= 4 is 5.97 Å². The number of aliphatic carboxylic acids is 1. The second-order valence-electron chi connectivity index (χ2n) is 5.00. The molecule has 1 aliphatic carbocycles. The molecule has 0 heterocycles. The first-order valence-electron chi connectivity index (χ1n) is 5.39. The number of rotatable bonds is 3. The molecular weight excluding hydrogens is 188 g/mol. The van der Waals surface area contributed by atoms with Crippen molar-refractivity contribution in [1.29, 1.82) is 0 Å². The fourth-order valence-corrected chi connectivity index (χ4v) is 2.27. The van der Waals surface area contributed by atoms with E-state index in [-0.39, 0.29) is 11.8 Å². The molecule has 2 heteroatoms. The number of hydrogen-bond donors (Lipinski definition) is 1. The first kappa shape index (κ1) is 12.0. The van der Waals surface area contributed by atoms with Crippen molar-refractivity contribution in [2.75, 3.05) is 0 Å². The summed E-state index contributed by atoms with van der Waals surface area (Å²) in [5, 5.41) is 8.92. The second kappa shape index (κ2) is 4.21. The van der Waals surface area contributed by atoms with E-state index in [1.165, 1.54) is 5.57 Å². The molecule has 1 N–H and O–H groups in total. The van der Waals surface area contributed by atoms with Crippen LogP contribution in [-0.2, 0) is 4.79 Å². The zero-order chi connectivity index (χ0) is 11.6. The molecule has 2 atom stereocenters. The van der Waals surface area contributed by atoms with Crippen molar-refractivity contribution in [1.82, 2.24) is 0 Å². The number of allylic oxidation sites excluding steroid dienone is 3. The highest BCUT2D eigenvalue weighted by Gasteiger charge is 2.35.